The van der Waals surface area contributed by atoms with Crippen molar-refractivity contribution in [2.24, 2.45) is 0 Å². The number of benzene rings is 2. The molecule has 0 saturated heterocycles. The summed E-state index contributed by atoms with van der Waals surface area (Å²) in [7, 11) is 1.58. The van der Waals surface area contributed by atoms with E-state index >= 15 is 0 Å². The van der Waals surface area contributed by atoms with E-state index in [2.05, 4.69) is 10.6 Å². The van der Waals surface area contributed by atoms with E-state index in [1.165, 1.54) is 11.3 Å². The minimum atomic E-state index is -0.407. The third-order valence-electron chi connectivity index (χ3n) is 3.92. The van der Waals surface area contributed by atoms with Crippen LogP contribution in [0.2, 0.25) is 5.02 Å². The van der Waals surface area contributed by atoms with Gasteiger partial charge in [0.25, 0.3) is 5.91 Å². The summed E-state index contributed by atoms with van der Waals surface area (Å²) in [4.78, 5) is 24.6. The number of ether oxygens (including phenoxy) is 2. The first-order valence-electron chi connectivity index (χ1n) is 8.58. The van der Waals surface area contributed by atoms with E-state index in [1.807, 2.05) is 12.1 Å². The lowest BCUT2D eigenvalue weighted by atomic mass is 10.2. The van der Waals surface area contributed by atoms with Crippen molar-refractivity contribution in [2.75, 3.05) is 19.0 Å². The molecule has 0 spiro atoms. The molecule has 9 heteroatoms. The third kappa shape index (κ3) is 4.84. The maximum Gasteiger partial charge on any atom is 0.338 e. The van der Waals surface area contributed by atoms with Crippen LogP contribution in [0.5, 0.6) is 5.75 Å². The lowest BCUT2D eigenvalue weighted by Crippen LogP contribution is -2.33. The number of hydrogen-bond donors (Lipinski definition) is 2. The molecule has 0 aliphatic rings. The molecule has 3 rings (SSSR count). The number of nitrogens with one attached hydrogen (secondary N) is 2. The number of methoxy groups -OCH3 is 1. The van der Waals surface area contributed by atoms with Crippen molar-refractivity contribution in [2.45, 2.75) is 6.92 Å². The highest BCUT2D eigenvalue weighted by atomic mass is 35.5. The molecule has 0 bridgehead atoms. The van der Waals surface area contributed by atoms with Crippen LogP contribution in [0.1, 0.15) is 27.0 Å². The van der Waals surface area contributed by atoms with Crippen LogP contribution in [-0.4, -0.2) is 30.7 Å². The maximum absolute atomic E-state index is 12.6. The first-order chi connectivity index (χ1) is 13.9. The number of carbonyl (C=O) groups is 2. The predicted molar refractivity (Wildman–Crippen MR) is 119 cm³/mol. The number of esters is 1. The molecule has 0 unspecified atom stereocenters. The van der Waals surface area contributed by atoms with E-state index in [0.717, 1.165) is 10.1 Å². The van der Waals surface area contributed by atoms with Gasteiger partial charge in [-0.25, -0.2) is 4.79 Å². The van der Waals surface area contributed by atoms with Gasteiger partial charge in [-0.1, -0.05) is 11.6 Å². The molecule has 1 amide bonds. The van der Waals surface area contributed by atoms with E-state index in [9.17, 15) is 9.59 Å². The molecule has 0 aliphatic heterocycles. The standard InChI is InChI=1S/C20H17ClN2O4S2/c1-3-27-19(25)11-4-6-12(7-5-11)22-20(28)23-18(24)17-16(21)14-9-8-13(26-2)10-15(14)29-17/h4-10H,3H2,1-2H3,(H2,22,23,24,28). The van der Waals surface area contributed by atoms with E-state index < -0.39 is 11.9 Å². The van der Waals surface area contributed by atoms with Gasteiger partial charge in [-0.15, -0.1) is 11.3 Å². The molecule has 0 aliphatic carbocycles. The molecule has 150 valence electrons. The Balaban J connectivity index is 1.68. The molecule has 1 aromatic heterocycles. The zero-order chi connectivity index (χ0) is 21.0. The second-order valence-electron chi connectivity index (χ2n) is 5.81. The number of rotatable bonds is 5. The van der Waals surface area contributed by atoms with Crippen LogP contribution in [0.3, 0.4) is 0 Å². The number of carbonyl (C=O) groups excluding carboxylic acids is 2. The van der Waals surface area contributed by atoms with Gasteiger partial charge in [0.2, 0.25) is 0 Å². The number of hydrogen-bond acceptors (Lipinski definition) is 6. The normalized spacial score (nSPS) is 10.4. The molecule has 0 fully saturated rings. The molecule has 29 heavy (non-hydrogen) atoms. The Kier molecular flexibility index (Phi) is 6.68. The first-order valence-corrected chi connectivity index (χ1v) is 10.2. The van der Waals surface area contributed by atoms with Crippen molar-refractivity contribution in [3.63, 3.8) is 0 Å². The van der Waals surface area contributed by atoms with Gasteiger partial charge in [0.1, 0.15) is 10.6 Å². The van der Waals surface area contributed by atoms with Gasteiger partial charge < -0.3 is 14.8 Å². The average Bonchev–Trinajstić information content (AvgIpc) is 3.04. The molecule has 2 N–H and O–H groups in total. The fraction of sp³-hybridized carbons (Fsp3) is 0.150. The number of anilines is 1. The second kappa shape index (κ2) is 9.21. The van der Waals surface area contributed by atoms with Gasteiger partial charge >= 0.3 is 5.97 Å². The molecular formula is C20H17ClN2O4S2. The largest absolute Gasteiger partial charge is 0.497 e. The number of thiocarbonyl (C=S) groups is 1. The van der Waals surface area contributed by atoms with Gasteiger partial charge in [-0.3, -0.25) is 10.1 Å². The van der Waals surface area contributed by atoms with Gasteiger partial charge in [-0.2, -0.15) is 0 Å². The van der Waals surface area contributed by atoms with Crippen molar-refractivity contribution in [1.29, 1.82) is 0 Å². The topological polar surface area (TPSA) is 76.7 Å². The molecule has 2 aromatic carbocycles. The smallest absolute Gasteiger partial charge is 0.338 e. The second-order valence-corrected chi connectivity index (χ2v) is 7.65. The summed E-state index contributed by atoms with van der Waals surface area (Å²) in [5.41, 5.74) is 1.05. The summed E-state index contributed by atoms with van der Waals surface area (Å²) in [6.07, 6.45) is 0. The van der Waals surface area contributed by atoms with E-state index in [0.29, 0.717) is 33.5 Å². The number of amides is 1. The molecule has 0 saturated carbocycles. The van der Waals surface area contributed by atoms with Crippen LogP contribution in [0, 0.1) is 0 Å². The van der Waals surface area contributed by atoms with Gasteiger partial charge in [0.05, 0.1) is 24.3 Å². The lowest BCUT2D eigenvalue weighted by Gasteiger charge is -2.09. The van der Waals surface area contributed by atoms with Gasteiger partial charge in [0, 0.05) is 15.8 Å². The number of halogens is 1. The highest BCUT2D eigenvalue weighted by Crippen LogP contribution is 2.37. The zero-order valence-corrected chi connectivity index (χ0v) is 18.0. The van der Waals surface area contributed by atoms with Crippen LogP contribution < -0.4 is 15.4 Å². The highest BCUT2D eigenvalue weighted by molar-refractivity contribution is 7.80. The summed E-state index contributed by atoms with van der Waals surface area (Å²) in [5, 5.41) is 6.78. The molecule has 0 radical (unpaired) electrons. The molecule has 6 nitrogen and oxygen atoms in total. The van der Waals surface area contributed by atoms with Crippen LogP contribution in [0.4, 0.5) is 5.69 Å². The van der Waals surface area contributed by atoms with E-state index in [-0.39, 0.29) is 5.11 Å². The van der Waals surface area contributed by atoms with Crippen LogP contribution >= 0.6 is 35.2 Å². The maximum atomic E-state index is 12.6. The monoisotopic (exact) mass is 448 g/mol. The predicted octanol–water partition coefficient (Wildman–Crippen LogP) is 4.87. The highest BCUT2D eigenvalue weighted by Gasteiger charge is 2.18. The number of thiophene rings is 1. The Morgan fingerprint density at radius 1 is 1.17 bits per heavy atom. The van der Waals surface area contributed by atoms with Crippen LogP contribution in [0.15, 0.2) is 42.5 Å². The summed E-state index contributed by atoms with van der Waals surface area (Å²) >= 11 is 12.8. The number of fused-ring (bicyclic) bond motifs is 1. The minimum absolute atomic E-state index is 0.116. The van der Waals surface area contributed by atoms with Crippen LogP contribution in [0.25, 0.3) is 10.1 Å². The summed E-state index contributed by atoms with van der Waals surface area (Å²) in [5.74, 6) is -0.118. The summed E-state index contributed by atoms with van der Waals surface area (Å²) in [6.45, 7) is 2.05. The summed E-state index contributed by atoms with van der Waals surface area (Å²) < 4.78 is 11.0. The molecule has 0 atom stereocenters. The fourth-order valence-electron chi connectivity index (χ4n) is 2.54. The van der Waals surface area contributed by atoms with Gasteiger partial charge in [0.15, 0.2) is 5.11 Å². The van der Waals surface area contributed by atoms with Crippen molar-refractivity contribution in [1.82, 2.24) is 5.32 Å². The van der Waals surface area contributed by atoms with Crippen molar-refractivity contribution < 1.29 is 19.1 Å². The summed E-state index contributed by atoms with van der Waals surface area (Å²) in [6, 6.07) is 12.0. The molecule has 3 aromatic rings. The van der Waals surface area contributed by atoms with Crippen molar-refractivity contribution in [3.8, 4) is 5.75 Å². The fourth-order valence-corrected chi connectivity index (χ4v) is 4.20. The Bertz CT molecular complexity index is 1080. The van der Waals surface area contributed by atoms with Crippen molar-refractivity contribution in [3.05, 3.63) is 57.9 Å². The Hall–Kier alpha value is -2.68. The van der Waals surface area contributed by atoms with Crippen molar-refractivity contribution >= 4 is 67.9 Å². The minimum Gasteiger partial charge on any atom is -0.497 e. The lowest BCUT2D eigenvalue weighted by molar-refractivity contribution is 0.0526. The molecular weight excluding hydrogens is 432 g/mol. The van der Waals surface area contributed by atoms with E-state index in [1.54, 1.807) is 44.4 Å². The molecule has 1 heterocycles. The Labute approximate surface area is 181 Å². The Morgan fingerprint density at radius 3 is 2.55 bits per heavy atom. The van der Waals surface area contributed by atoms with E-state index in [4.69, 9.17) is 33.3 Å². The third-order valence-corrected chi connectivity index (χ3v) is 5.78. The van der Waals surface area contributed by atoms with Gasteiger partial charge in [-0.05, 0) is 61.6 Å². The SMILES string of the molecule is CCOC(=O)c1ccc(NC(=S)NC(=O)c2sc3cc(OC)ccc3c2Cl)cc1. The first kappa shape index (κ1) is 21.0. The quantitative estimate of drug-likeness (QED) is 0.428. The Morgan fingerprint density at radius 2 is 1.90 bits per heavy atom. The van der Waals surface area contributed by atoms with Crippen LogP contribution in [-0.2, 0) is 4.74 Å². The zero-order valence-electron chi connectivity index (χ0n) is 15.6. The average molecular weight is 449 g/mol.